The predicted octanol–water partition coefficient (Wildman–Crippen LogP) is 3.45. The third kappa shape index (κ3) is 5.65. The molecule has 1 saturated heterocycles. The second-order valence-electron chi connectivity index (χ2n) is 6.63. The van der Waals surface area contributed by atoms with E-state index in [0.717, 1.165) is 43.4 Å². The van der Waals surface area contributed by atoms with E-state index in [1.165, 1.54) is 16.9 Å². The van der Waals surface area contributed by atoms with E-state index in [2.05, 4.69) is 17.0 Å². The largest absolute Gasteiger partial charge is 0.494 e. The smallest absolute Gasteiger partial charge is 0.223 e. The van der Waals surface area contributed by atoms with Crippen LogP contribution in [0, 0.1) is 0 Å². The Bertz CT molecular complexity index is 735. The molecular weight excluding hydrogens is 360 g/mol. The van der Waals surface area contributed by atoms with Gasteiger partial charge in [-0.2, -0.15) is 0 Å². The zero-order chi connectivity index (χ0) is 19.1. The first-order valence-corrected chi connectivity index (χ1v) is 10.3. The Labute approximate surface area is 164 Å². The molecule has 144 valence electrons. The summed E-state index contributed by atoms with van der Waals surface area (Å²) in [5.74, 6) is 1.04. The maximum absolute atomic E-state index is 12.4. The molecule has 0 bridgehead atoms. The van der Waals surface area contributed by atoms with E-state index >= 15 is 0 Å². The maximum Gasteiger partial charge on any atom is 0.223 e. The number of benzene rings is 1. The molecule has 0 spiro atoms. The Kier molecular flexibility index (Phi) is 7.01. The second-order valence-corrected chi connectivity index (χ2v) is 7.58. The number of carbonyl (C=O) groups excluding carboxylic acids is 2. The number of hydrogen-bond donors (Lipinski definition) is 0. The molecule has 3 rings (SSSR count). The lowest BCUT2D eigenvalue weighted by atomic mass is 10.1. The predicted molar refractivity (Wildman–Crippen MR) is 107 cm³/mol. The highest BCUT2D eigenvalue weighted by Gasteiger charge is 2.21. The van der Waals surface area contributed by atoms with Gasteiger partial charge in [-0.1, -0.05) is 18.2 Å². The Morgan fingerprint density at radius 3 is 2.41 bits per heavy atom. The van der Waals surface area contributed by atoms with Crippen molar-refractivity contribution in [1.29, 1.82) is 0 Å². The van der Waals surface area contributed by atoms with Gasteiger partial charge in [0.25, 0.3) is 0 Å². The molecule has 27 heavy (non-hydrogen) atoms. The van der Waals surface area contributed by atoms with Crippen molar-refractivity contribution >= 4 is 23.0 Å². The summed E-state index contributed by atoms with van der Waals surface area (Å²) in [6, 6.07) is 11.9. The molecule has 2 heterocycles. The first kappa shape index (κ1) is 19.6. The van der Waals surface area contributed by atoms with Crippen LogP contribution in [0.1, 0.15) is 35.0 Å². The van der Waals surface area contributed by atoms with Gasteiger partial charge in [-0.25, -0.2) is 0 Å². The summed E-state index contributed by atoms with van der Waals surface area (Å²) in [5.41, 5.74) is 1.25. The van der Waals surface area contributed by atoms with Crippen LogP contribution < -0.4 is 4.74 Å². The number of ether oxygens (including phenoxy) is 1. The van der Waals surface area contributed by atoms with Crippen LogP contribution in [0.3, 0.4) is 0 Å². The van der Waals surface area contributed by atoms with E-state index in [9.17, 15) is 9.59 Å². The van der Waals surface area contributed by atoms with Gasteiger partial charge in [-0.15, -0.1) is 11.3 Å². The number of carbonyl (C=O) groups is 2. The fourth-order valence-electron chi connectivity index (χ4n) is 3.21. The zero-order valence-electron chi connectivity index (χ0n) is 15.7. The molecular formula is C21H26N2O3S. The maximum atomic E-state index is 12.4. The number of hydrogen-bond acceptors (Lipinski definition) is 5. The molecule has 6 heteroatoms. The van der Waals surface area contributed by atoms with Gasteiger partial charge in [0.05, 0.1) is 11.5 Å². The Morgan fingerprint density at radius 2 is 1.78 bits per heavy atom. The van der Waals surface area contributed by atoms with Crippen LogP contribution in [0.4, 0.5) is 0 Å². The van der Waals surface area contributed by atoms with Gasteiger partial charge in [0, 0.05) is 45.6 Å². The molecule has 1 fully saturated rings. The molecule has 0 aliphatic carbocycles. The molecule has 0 radical (unpaired) electrons. The summed E-state index contributed by atoms with van der Waals surface area (Å²) >= 11 is 1.43. The Balaban J connectivity index is 1.40. The van der Waals surface area contributed by atoms with Gasteiger partial charge in [0.2, 0.25) is 5.91 Å². The van der Waals surface area contributed by atoms with Crippen LogP contribution in [0.15, 0.2) is 41.8 Å². The van der Waals surface area contributed by atoms with Gasteiger partial charge in [-0.3, -0.25) is 14.5 Å². The molecule has 0 saturated carbocycles. The topological polar surface area (TPSA) is 49.9 Å². The van der Waals surface area contributed by atoms with Crippen LogP contribution in [0.2, 0.25) is 0 Å². The molecule has 5 nitrogen and oxygen atoms in total. The normalized spacial score (nSPS) is 14.9. The molecule has 0 atom stereocenters. The van der Waals surface area contributed by atoms with Crippen molar-refractivity contribution in [2.24, 2.45) is 0 Å². The van der Waals surface area contributed by atoms with Gasteiger partial charge >= 0.3 is 0 Å². The summed E-state index contributed by atoms with van der Waals surface area (Å²) in [5, 5.41) is 1.89. The summed E-state index contributed by atoms with van der Waals surface area (Å²) in [6.45, 7) is 6.70. The fourth-order valence-corrected chi connectivity index (χ4v) is 3.90. The minimum absolute atomic E-state index is 0.0625. The third-order valence-corrected chi connectivity index (χ3v) is 5.64. The van der Waals surface area contributed by atoms with E-state index in [1.54, 1.807) is 0 Å². The van der Waals surface area contributed by atoms with Crippen molar-refractivity contribution < 1.29 is 14.3 Å². The summed E-state index contributed by atoms with van der Waals surface area (Å²) in [6.07, 6.45) is 0.599. The summed E-state index contributed by atoms with van der Waals surface area (Å²) in [7, 11) is 0. The highest BCUT2D eigenvalue weighted by Crippen LogP contribution is 2.16. The number of thiophene rings is 1. The first-order chi connectivity index (χ1) is 13.2. The molecule has 1 aromatic carbocycles. The summed E-state index contributed by atoms with van der Waals surface area (Å²) < 4.78 is 5.47. The van der Waals surface area contributed by atoms with E-state index in [-0.39, 0.29) is 11.7 Å². The fraction of sp³-hybridized carbons (Fsp3) is 0.429. The van der Waals surface area contributed by atoms with Crippen LogP contribution >= 0.6 is 11.3 Å². The molecule has 1 aliphatic heterocycles. The minimum Gasteiger partial charge on any atom is -0.494 e. The Hall–Kier alpha value is -2.18. The molecule has 1 aromatic heterocycles. The van der Waals surface area contributed by atoms with Crippen LogP contribution in [-0.4, -0.2) is 54.3 Å². The van der Waals surface area contributed by atoms with E-state index in [4.69, 9.17) is 4.74 Å². The van der Waals surface area contributed by atoms with Crippen LogP contribution in [-0.2, 0) is 11.3 Å². The first-order valence-electron chi connectivity index (χ1n) is 9.44. The van der Waals surface area contributed by atoms with Gasteiger partial charge < -0.3 is 9.64 Å². The van der Waals surface area contributed by atoms with E-state index < -0.39 is 0 Å². The average Bonchev–Trinajstić information content (AvgIpc) is 3.23. The highest BCUT2D eigenvalue weighted by molar-refractivity contribution is 7.12. The quantitative estimate of drug-likeness (QED) is 0.652. The Morgan fingerprint density at radius 1 is 1.04 bits per heavy atom. The number of Topliss-reactive ketones (excluding diaryl/α,β-unsaturated/α-hetero) is 1. The number of amides is 1. The zero-order valence-corrected chi connectivity index (χ0v) is 16.5. The van der Waals surface area contributed by atoms with Crippen molar-refractivity contribution in [3.8, 4) is 5.75 Å². The summed E-state index contributed by atoms with van der Waals surface area (Å²) in [4.78, 5) is 29.4. The van der Waals surface area contributed by atoms with Crippen molar-refractivity contribution in [2.45, 2.75) is 26.3 Å². The minimum atomic E-state index is 0.0625. The standard InChI is InChI=1S/C21H26N2O3S/c1-2-26-18-7-5-17(6-8-18)16-22-11-13-23(14-12-22)21(25)10-9-19(24)20-4-3-15-27-20/h3-8,15H,2,9-14,16H2,1H3. The van der Waals surface area contributed by atoms with Crippen molar-refractivity contribution in [2.75, 3.05) is 32.8 Å². The molecule has 0 N–H and O–H groups in total. The lowest BCUT2D eigenvalue weighted by molar-refractivity contribution is -0.132. The molecule has 1 amide bonds. The number of nitrogens with zero attached hydrogens (tertiary/aromatic N) is 2. The molecule has 0 unspecified atom stereocenters. The SMILES string of the molecule is CCOc1ccc(CN2CCN(C(=O)CCC(=O)c3cccs3)CC2)cc1. The lowest BCUT2D eigenvalue weighted by Gasteiger charge is -2.34. The van der Waals surface area contributed by atoms with E-state index in [0.29, 0.717) is 19.4 Å². The van der Waals surface area contributed by atoms with Crippen LogP contribution in [0.5, 0.6) is 5.75 Å². The van der Waals surface area contributed by atoms with Gasteiger partial charge in [0.15, 0.2) is 5.78 Å². The van der Waals surface area contributed by atoms with Gasteiger partial charge in [0.1, 0.15) is 5.75 Å². The lowest BCUT2D eigenvalue weighted by Crippen LogP contribution is -2.48. The van der Waals surface area contributed by atoms with Gasteiger partial charge in [-0.05, 0) is 36.1 Å². The van der Waals surface area contributed by atoms with Crippen LogP contribution in [0.25, 0.3) is 0 Å². The second kappa shape index (κ2) is 9.67. The molecule has 2 aromatic rings. The number of ketones is 1. The van der Waals surface area contributed by atoms with Crippen molar-refractivity contribution in [3.63, 3.8) is 0 Å². The third-order valence-electron chi connectivity index (χ3n) is 4.73. The molecule has 1 aliphatic rings. The number of rotatable bonds is 8. The monoisotopic (exact) mass is 386 g/mol. The van der Waals surface area contributed by atoms with Crippen molar-refractivity contribution in [1.82, 2.24) is 9.80 Å². The van der Waals surface area contributed by atoms with E-state index in [1.807, 2.05) is 41.5 Å². The average molecular weight is 387 g/mol. The number of piperazine rings is 1. The van der Waals surface area contributed by atoms with Crippen molar-refractivity contribution in [3.05, 3.63) is 52.2 Å². The highest BCUT2D eigenvalue weighted by atomic mass is 32.1.